The Labute approximate surface area is 174 Å². The Kier molecular flexibility index (Phi) is 11.2. The zero-order valence-corrected chi connectivity index (χ0v) is 18.6. The van der Waals surface area contributed by atoms with Crippen LogP contribution in [0.15, 0.2) is 29.4 Å². The molecule has 2 heterocycles. The number of pyridine rings is 1. The van der Waals surface area contributed by atoms with Gasteiger partial charge < -0.3 is 10.6 Å². The van der Waals surface area contributed by atoms with Crippen molar-refractivity contribution in [2.45, 2.75) is 52.4 Å². The Balaban J connectivity index is 0.00000338. The number of aryl methyl sites for hydroxylation is 1. The number of nitrogens with zero attached hydrogens (tertiary/aromatic N) is 4. The van der Waals surface area contributed by atoms with Gasteiger partial charge in [-0.2, -0.15) is 0 Å². The van der Waals surface area contributed by atoms with Crippen molar-refractivity contribution in [1.29, 1.82) is 0 Å². The molecular formula is C19H33IN6. The molecule has 1 unspecified atom stereocenters. The maximum atomic E-state index is 4.32. The topological polar surface area (TPSA) is 66.6 Å². The average Bonchev–Trinajstić information content (AvgIpc) is 3.06. The van der Waals surface area contributed by atoms with Gasteiger partial charge in [0.15, 0.2) is 11.6 Å². The lowest BCUT2D eigenvalue weighted by Gasteiger charge is -2.18. The SMILES string of the molecule is CCCCC(CC)CNC(=NC)NCCCc1nnc2ccccn12.I. The zero-order valence-electron chi connectivity index (χ0n) is 16.2. The van der Waals surface area contributed by atoms with Crippen LogP contribution in [0.2, 0.25) is 0 Å². The molecule has 0 aromatic carbocycles. The maximum absolute atomic E-state index is 4.32. The molecule has 0 spiro atoms. The Bertz CT molecular complexity index is 654. The van der Waals surface area contributed by atoms with Crippen LogP contribution in [-0.2, 0) is 6.42 Å². The standard InChI is InChI=1S/C19H32N6.HI/c1-4-6-10-16(5-2)15-22-19(20-3)21-13-9-12-18-24-23-17-11-7-8-14-25(17)18;/h7-8,11,14,16H,4-6,9-10,12-13,15H2,1-3H3,(H2,20,21,22);1H. The molecule has 2 N–H and O–H groups in total. The number of unbranched alkanes of at least 4 members (excludes halogenated alkanes) is 1. The fraction of sp³-hybridized carbons (Fsp3) is 0.632. The summed E-state index contributed by atoms with van der Waals surface area (Å²) >= 11 is 0. The van der Waals surface area contributed by atoms with E-state index < -0.39 is 0 Å². The molecule has 2 aromatic heterocycles. The summed E-state index contributed by atoms with van der Waals surface area (Å²) in [6.07, 6.45) is 8.96. The second kappa shape index (κ2) is 12.9. The zero-order chi connectivity index (χ0) is 17.9. The molecule has 2 rings (SSSR count). The van der Waals surface area contributed by atoms with E-state index in [1.54, 1.807) is 0 Å². The van der Waals surface area contributed by atoms with Gasteiger partial charge in [0.05, 0.1) is 0 Å². The molecule has 146 valence electrons. The normalized spacial score (nSPS) is 12.7. The van der Waals surface area contributed by atoms with Crippen molar-refractivity contribution in [1.82, 2.24) is 25.2 Å². The van der Waals surface area contributed by atoms with Crippen LogP contribution in [0.25, 0.3) is 5.65 Å². The average molecular weight is 472 g/mol. The van der Waals surface area contributed by atoms with Crippen molar-refractivity contribution in [3.8, 4) is 0 Å². The van der Waals surface area contributed by atoms with Crippen LogP contribution in [0.3, 0.4) is 0 Å². The number of rotatable bonds is 10. The third-order valence-corrected chi connectivity index (χ3v) is 4.58. The highest BCUT2D eigenvalue weighted by atomic mass is 127. The first kappa shape index (κ1) is 22.7. The summed E-state index contributed by atoms with van der Waals surface area (Å²) in [5.74, 6) is 2.62. The number of halogens is 1. The molecule has 0 aliphatic rings. The van der Waals surface area contributed by atoms with Gasteiger partial charge in [-0.1, -0.05) is 39.2 Å². The van der Waals surface area contributed by atoms with Crippen LogP contribution >= 0.6 is 24.0 Å². The highest BCUT2D eigenvalue weighted by Crippen LogP contribution is 2.11. The molecular weight excluding hydrogens is 439 g/mol. The molecule has 6 nitrogen and oxygen atoms in total. The lowest BCUT2D eigenvalue weighted by atomic mass is 9.99. The minimum absolute atomic E-state index is 0. The molecule has 0 saturated carbocycles. The molecule has 2 aromatic rings. The predicted molar refractivity (Wildman–Crippen MR) is 119 cm³/mol. The van der Waals surface area contributed by atoms with Crippen molar-refractivity contribution in [3.63, 3.8) is 0 Å². The van der Waals surface area contributed by atoms with Crippen molar-refractivity contribution < 1.29 is 0 Å². The quantitative estimate of drug-likeness (QED) is 0.240. The Morgan fingerprint density at radius 1 is 1.19 bits per heavy atom. The van der Waals surface area contributed by atoms with Crippen molar-refractivity contribution >= 4 is 35.6 Å². The summed E-state index contributed by atoms with van der Waals surface area (Å²) in [4.78, 5) is 4.32. The van der Waals surface area contributed by atoms with Gasteiger partial charge in [-0.25, -0.2) is 0 Å². The molecule has 0 amide bonds. The van der Waals surface area contributed by atoms with E-state index in [9.17, 15) is 0 Å². The molecule has 26 heavy (non-hydrogen) atoms. The van der Waals surface area contributed by atoms with E-state index in [4.69, 9.17) is 0 Å². The van der Waals surface area contributed by atoms with Gasteiger partial charge in [0.2, 0.25) is 0 Å². The number of hydrogen-bond donors (Lipinski definition) is 2. The molecule has 0 fully saturated rings. The van der Waals surface area contributed by atoms with Gasteiger partial charge in [0.1, 0.15) is 5.82 Å². The summed E-state index contributed by atoms with van der Waals surface area (Å²) in [5.41, 5.74) is 0.903. The van der Waals surface area contributed by atoms with Crippen LogP contribution in [0, 0.1) is 5.92 Å². The minimum atomic E-state index is 0. The number of fused-ring (bicyclic) bond motifs is 1. The monoisotopic (exact) mass is 472 g/mol. The van der Waals surface area contributed by atoms with Crippen molar-refractivity contribution in [2.24, 2.45) is 10.9 Å². The lowest BCUT2D eigenvalue weighted by Crippen LogP contribution is -2.40. The van der Waals surface area contributed by atoms with E-state index in [0.29, 0.717) is 0 Å². The van der Waals surface area contributed by atoms with Gasteiger partial charge in [0.25, 0.3) is 0 Å². The van der Waals surface area contributed by atoms with Crippen LogP contribution in [0.4, 0.5) is 0 Å². The minimum Gasteiger partial charge on any atom is -0.356 e. The molecule has 7 heteroatoms. The van der Waals surface area contributed by atoms with Gasteiger partial charge in [0, 0.05) is 32.8 Å². The maximum Gasteiger partial charge on any atom is 0.190 e. The summed E-state index contributed by atoms with van der Waals surface area (Å²) in [7, 11) is 1.83. The molecule has 0 aliphatic carbocycles. The number of aromatic nitrogens is 3. The summed E-state index contributed by atoms with van der Waals surface area (Å²) < 4.78 is 2.05. The fourth-order valence-corrected chi connectivity index (χ4v) is 2.92. The summed E-state index contributed by atoms with van der Waals surface area (Å²) in [6.45, 7) is 6.37. The molecule has 0 bridgehead atoms. The fourth-order valence-electron chi connectivity index (χ4n) is 2.92. The van der Waals surface area contributed by atoms with Gasteiger partial charge in [-0.05, 0) is 30.9 Å². The highest BCUT2D eigenvalue weighted by molar-refractivity contribution is 14.0. The Morgan fingerprint density at radius 2 is 2.04 bits per heavy atom. The number of aliphatic imine (C=N–C) groups is 1. The van der Waals surface area contributed by atoms with Gasteiger partial charge in [-0.3, -0.25) is 9.39 Å². The van der Waals surface area contributed by atoms with E-state index in [1.807, 2.05) is 35.8 Å². The van der Waals surface area contributed by atoms with E-state index in [0.717, 1.165) is 49.3 Å². The summed E-state index contributed by atoms with van der Waals surface area (Å²) in [5, 5.41) is 15.3. The first-order valence-corrected chi connectivity index (χ1v) is 9.51. The van der Waals surface area contributed by atoms with Crippen molar-refractivity contribution in [2.75, 3.05) is 20.1 Å². The van der Waals surface area contributed by atoms with E-state index >= 15 is 0 Å². The second-order valence-electron chi connectivity index (χ2n) is 6.45. The predicted octanol–water partition coefficient (Wildman–Crippen LogP) is 3.66. The van der Waals surface area contributed by atoms with E-state index in [1.165, 1.54) is 25.7 Å². The molecule has 0 radical (unpaired) electrons. The van der Waals surface area contributed by atoms with Crippen LogP contribution in [0.1, 0.15) is 51.8 Å². The lowest BCUT2D eigenvalue weighted by molar-refractivity contribution is 0.443. The van der Waals surface area contributed by atoms with E-state index in [-0.39, 0.29) is 24.0 Å². The van der Waals surface area contributed by atoms with Gasteiger partial charge in [-0.15, -0.1) is 34.2 Å². The molecule has 0 aliphatic heterocycles. The van der Waals surface area contributed by atoms with Crippen LogP contribution < -0.4 is 10.6 Å². The second-order valence-corrected chi connectivity index (χ2v) is 6.45. The first-order valence-electron chi connectivity index (χ1n) is 9.51. The van der Waals surface area contributed by atoms with E-state index in [2.05, 4.69) is 39.7 Å². The van der Waals surface area contributed by atoms with Gasteiger partial charge >= 0.3 is 0 Å². The van der Waals surface area contributed by atoms with Crippen LogP contribution in [-0.4, -0.2) is 40.7 Å². The highest BCUT2D eigenvalue weighted by Gasteiger charge is 2.07. The third-order valence-electron chi connectivity index (χ3n) is 4.58. The Morgan fingerprint density at radius 3 is 2.77 bits per heavy atom. The first-order chi connectivity index (χ1) is 12.3. The smallest absolute Gasteiger partial charge is 0.190 e. The summed E-state index contributed by atoms with van der Waals surface area (Å²) in [6, 6.07) is 5.96. The van der Waals surface area contributed by atoms with Crippen LogP contribution in [0.5, 0.6) is 0 Å². The van der Waals surface area contributed by atoms with Crippen molar-refractivity contribution in [3.05, 3.63) is 30.2 Å². The number of hydrogen-bond acceptors (Lipinski definition) is 3. The third kappa shape index (κ3) is 7.09. The number of nitrogens with one attached hydrogen (secondary N) is 2. The largest absolute Gasteiger partial charge is 0.356 e. The molecule has 1 atom stereocenters. The Hall–Kier alpha value is -1.38. The number of guanidine groups is 1. The molecule has 0 saturated heterocycles.